The molecule has 15 heavy (non-hydrogen) atoms. The molecule has 0 aromatic heterocycles. The molecule has 1 amide bonds. The number of carbonyl (C=O) groups excluding carboxylic acids is 1. The standard InChI is InChI=1S/C12H14BrNO/c1-8(15)14-10-6-5-9-3-2-4-12(13)11(9)7-10/h2-4,10H,5-7H2,1H3,(H,14,15). The lowest BCUT2D eigenvalue weighted by atomic mass is 9.88. The first-order valence-electron chi connectivity index (χ1n) is 5.20. The number of halogens is 1. The van der Waals surface area contributed by atoms with E-state index < -0.39 is 0 Å². The molecule has 3 heteroatoms. The summed E-state index contributed by atoms with van der Waals surface area (Å²) in [5.74, 6) is 0.0653. The predicted molar refractivity (Wildman–Crippen MR) is 63.8 cm³/mol. The molecule has 0 saturated carbocycles. The van der Waals surface area contributed by atoms with Crippen molar-refractivity contribution >= 4 is 21.8 Å². The molecule has 2 nitrogen and oxygen atoms in total. The first-order chi connectivity index (χ1) is 7.16. The van der Waals surface area contributed by atoms with Gasteiger partial charge in [-0.25, -0.2) is 0 Å². The Morgan fingerprint density at radius 1 is 1.53 bits per heavy atom. The van der Waals surface area contributed by atoms with Crippen LogP contribution in [0.15, 0.2) is 22.7 Å². The van der Waals surface area contributed by atoms with Crippen molar-refractivity contribution < 1.29 is 4.79 Å². The van der Waals surface area contributed by atoms with Gasteiger partial charge in [0.15, 0.2) is 0 Å². The van der Waals surface area contributed by atoms with Gasteiger partial charge in [-0.3, -0.25) is 4.79 Å². The average Bonchev–Trinajstić information content (AvgIpc) is 2.18. The Morgan fingerprint density at radius 2 is 2.33 bits per heavy atom. The summed E-state index contributed by atoms with van der Waals surface area (Å²) in [6.07, 6.45) is 3.04. The third-order valence-electron chi connectivity index (χ3n) is 2.84. The van der Waals surface area contributed by atoms with E-state index in [1.54, 1.807) is 6.92 Å². The van der Waals surface area contributed by atoms with E-state index in [0.29, 0.717) is 6.04 Å². The van der Waals surface area contributed by atoms with Gasteiger partial charge in [0.25, 0.3) is 0 Å². The summed E-state index contributed by atoms with van der Waals surface area (Å²) in [6.45, 7) is 1.58. The molecule has 0 radical (unpaired) electrons. The number of amides is 1. The van der Waals surface area contributed by atoms with Crippen LogP contribution >= 0.6 is 15.9 Å². The van der Waals surface area contributed by atoms with Crippen LogP contribution in [0.2, 0.25) is 0 Å². The number of carbonyl (C=O) groups is 1. The van der Waals surface area contributed by atoms with Gasteiger partial charge >= 0.3 is 0 Å². The summed E-state index contributed by atoms with van der Waals surface area (Å²) in [4.78, 5) is 11.0. The number of hydrogen-bond donors (Lipinski definition) is 1. The highest BCUT2D eigenvalue weighted by molar-refractivity contribution is 9.10. The molecular formula is C12H14BrNO. The van der Waals surface area contributed by atoms with Crippen LogP contribution in [0.1, 0.15) is 24.5 Å². The van der Waals surface area contributed by atoms with Crippen LogP contribution in [0, 0.1) is 0 Å². The maximum atomic E-state index is 11.0. The van der Waals surface area contributed by atoms with Gasteiger partial charge in [-0.1, -0.05) is 28.1 Å². The van der Waals surface area contributed by atoms with Gasteiger partial charge in [0, 0.05) is 17.4 Å². The molecule has 0 spiro atoms. The van der Waals surface area contributed by atoms with Gasteiger partial charge in [-0.05, 0) is 36.5 Å². The normalized spacial score (nSPS) is 19.5. The summed E-state index contributed by atoms with van der Waals surface area (Å²) in [6, 6.07) is 6.61. The van der Waals surface area contributed by atoms with Gasteiger partial charge < -0.3 is 5.32 Å². The fraction of sp³-hybridized carbons (Fsp3) is 0.417. The number of hydrogen-bond acceptors (Lipinski definition) is 1. The summed E-state index contributed by atoms with van der Waals surface area (Å²) >= 11 is 3.56. The second kappa shape index (κ2) is 4.35. The Labute approximate surface area is 98.2 Å². The SMILES string of the molecule is CC(=O)NC1CCc2cccc(Br)c2C1. The number of nitrogens with one attached hydrogen (secondary N) is 1. The van der Waals surface area contributed by atoms with Crippen LogP contribution in [0.5, 0.6) is 0 Å². The average molecular weight is 268 g/mol. The molecular weight excluding hydrogens is 254 g/mol. The molecule has 0 fully saturated rings. The zero-order valence-corrected chi connectivity index (χ0v) is 10.3. The molecule has 0 bridgehead atoms. The lowest BCUT2D eigenvalue weighted by Crippen LogP contribution is -2.37. The Hall–Kier alpha value is -0.830. The molecule has 80 valence electrons. The van der Waals surface area contributed by atoms with Gasteiger partial charge in [-0.15, -0.1) is 0 Å². The number of fused-ring (bicyclic) bond motifs is 1. The van der Waals surface area contributed by atoms with Crippen molar-refractivity contribution in [2.45, 2.75) is 32.2 Å². The zero-order chi connectivity index (χ0) is 10.8. The maximum Gasteiger partial charge on any atom is 0.217 e. The fourth-order valence-corrected chi connectivity index (χ4v) is 2.72. The molecule has 0 heterocycles. The topological polar surface area (TPSA) is 29.1 Å². The van der Waals surface area contributed by atoms with E-state index >= 15 is 0 Å². The van der Waals surface area contributed by atoms with Gasteiger partial charge in [-0.2, -0.15) is 0 Å². The second-order valence-electron chi connectivity index (χ2n) is 4.02. The molecule has 1 aliphatic carbocycles. The van der Waals surface area contributed by atoms with Crippen molar-refractivity contribution in [3.05, 3.63) is 33.8 Å². The van der Waals surface area contributed by atoms with Gasteiger partial charge in [0.1, 0.15) is 0 Å². The van der Waals surface area contributed by atoms with Crippen LogP contribution in [0.4, 0.5) is 0 Å². The maximum absolute atomic E-state index is 11.0. The van der Waals surface area contributed by atoms with Crippen LogP contribution in [-0.2, 0) is 17.6 Å². The summed E-state index contributed by atoms with van der Waals surface area (Å²) in [7, 11) is 0. The fourth-order valence-electron chi connectivity index (χ4n) is 2.15. The smallest absolute Gasteiger partial charge is 0.217 e. The van der Waals surface area contributed by atoms with Gasteiger partial charge in [0.2, 0.25) is 5.91 Å². The van der Waals surface area contributed by atoms with Crippen molar-refractivity contribution in [3.63, 3.8) is 0 Å². The summed E-state index contributed by atoms with van der Waals surface area (Å²) in [5.41, 5.74) is 2.76. The summed E-state index contributed by atoms with van der Waals surface area (Å²) in [5, 5.41) is 2.99. The van der Waals surface area contributed by atoms with E-state index in [1.165, 1.54) is 11.1 Å². The first-order valence-corrected chi connectivity index (χ1v) is 5.99. The van der Waals surface area contributed by atoms with Crippen molar-refractivity contribution in [1.29, 1.82) is 0 Å². The largest absolute Gasteiger partial charge is 0.353 e. The molecule has 1 aromatic carbocycles. The summed E-state index contributed by atoms with van der Waals surface area (Å²) < 4.78 is 1.16. The molecule has 2 rings (SSSR count). The minimum Gasteiger partial charge on any atom is -0.353 e. The molecule has 0 saturated heterocycles. The van der Waals surface area contributed by atoms with Crippen molar-refractivity contribution in [2.24, 2.45) is 0 Å². The molecule has 0 aliphatic heterocycles. The predicted octanol–water partition coefficient (Wildman–Crippen LogP) is 2.44. The highest BCUT2D eigenvalue weighted by Gasteiger charge is 2.20. The van der Waals surface area contributed by atoms with Crippen molar-refractivity contribution in [1.82, 2.24) is 5.32 Å². The van der Waals surface area contributed by atoms with Crippen molar-refractivity contribution in [2.75, 3.05) is 0 Å². The Morgan fingerprint density at radius 3 is 3.07 bits per heavy atom. The van der Waals surface area contributed by atoms with Crippen molar-refractivity contribution in [3.8, 4) is 0 Å². The lowest BCUT2D eigenvalue weighted by Gasteiger charge is -2.25. The monoisotopic (exact) mass is 267 g/mol. The minimum atomic E-state index is 0.0653. The van der Waals surface area contributed by atoms with E-state index in [-0.39, 0.29) is 5.91 Å². The highest BCUT2D eigenvalue weighted by atomic mass is 79.9. The number of rotatable bonds is 1. The van der Waals surface area contributed by atoms with Crippen LogP contribution < -0.4 is 5.32 Å². The molecule has 1 N–H and O–H groups in total. The molecule has 1 unspecified atom stereocenters. The number of aryl methyl sites for hydroxylation is 1. The van der Waals surface area contributed by atoms with E-state index in [1.807, 2.05) is 0 Å². The molecule has 1 aromatic rings. The lowest BCUT2D eigenvalue weighted by molar-refractivity contribution is -0.119. The molecule has 1 atom stereocenters. The quantitative estimate of drug-likeness (QED) is 0.832. The highest BCUT2D eigenvalue weighted by Crippen LogP contribution is 2.28. The first kappa shape index (κ1) is 10.7. The van der Waals surface area contributed by atoms with E-state index in [4.69, 9.17) is 0 Å². The van der Waals surface area contributed by atoms with E-state index in [9.17, 15) is 4.79 Å². The second-order valence-corrected chi connectivity index (χ2v) is 4.87. The van der Waals surface area contributed by atoms with E-state index in [0.717, 1.165) is 23.7 Å². The van der Waals surface area contributed by atoms with Crippen LogP contribution in [-0.4, -0.2) is 11.9 Å². The Kier molecular flexibility index (Phi) is 3.10. The number of benzene rings is 1. The zero-order valence-electron chi connectivity index (χ0n) is 8.72. The van der Waals surface area contributed by atoms with Crippen LogP contribution in [0.3, 0.4) is 0 Å². The van der Waals surface area contributed by atoms with Crippen LogP contribution in [0.25, 0.3) is 0 Å². The van der Waals surface area contributed by atoms with Gasteiger partial charge in [0.05, 0.1) is 0 Å². The Bertz CT molecular complexity index is 389. The third-order valence-corrected chi connectivity index (χ3v) is 3.58. The minimum absolute atomic E-state index is 0.0653. The third kappa shape index (κ3) is 2.40. The Balaban J connectivity index is 2.18. The molecule has 1 aliphatic rings. The van der Waals surface area contributed by atoms with E-state index in [2.05, 4.69) is 39.4 Å².